The van der Waals surface area contributed by atoms with Gasteiger partial charge in [0.15, 0.2) is 9.84 Å². The van der Waals surface area contributed by atoms with Crippen LogP contribution in [0, 0.1) is 5.92 Å². The van der Waals surface area contributed by atoms with Crippen LogP contribution >= 0.6 is 0 Å². The van der Waals surface area contributed by atoms with E-state index in [2.05, 4.69) is 5.32 Å². The van der Waals surface area contributed by atoms with E-state index in [1.165, 1.54) is 12.1 Å². The van der Waals surface area contributed by atoms with Gasteiger partial charge in [0, 0.05) is 11.9 Å². The second-order valence-corrected chi connectivity index (χ2v) is 8.17. The van der Waals surface area contributed by atoms with Crippen molar-refractivity contribution in [3.63, 3.8) is 0 Å². The normalized spacial score (nSPS) is 16.4. The number of piperidine rings is 1. The summed E-state index contributed by atoms with van der Waals surface area (Å²) in [4.78, 5) is 26.0. The molecule has 1 aliphatic heterocycles. The molecule has 1 amide bonds. The molecule has 0 unspecified atom stereocenters. The highest BCUT2D eigenvalue weighted by Gasteiger charge is 2.26. The van der Waals surface area contributed by atoms with Crippen molar-refractivity contribution in [2.45, 2.75) is 24.7 Å². The van der Waals surface area contributed by atoms with E-state index in [0.29, 0.717) is 38.2 Å². The zero-order valence-corrected chi connectivity index (χ0v) is 15.3. The molecule has 1 fully saturated rings. The number of hydrogen-bond acceptors (Lipinski definition) is 6. The number of carbonyl (C=O) groups excluding carboxylic acids is 2. The van der Waals surface area contributed by atoms with Crippen molar-refractivity contribution < 1.29 is 22.7 Å². The quantitative estimate of drug-likeness (QED) is 0.761. The Morgan fingerprint density at radius 3 is 2.56 bits per heavy atom. The van der Waals surface area contributed by atoms with Gasteiger partial charge in [0.1, 0.15) is 0 Å². The predicted molar refractivity (Wildman–Crippen MR) is 94.0 cm³/mol. The molecule has 8 heteroatoms. The smallest absolute Gasteiger partial charge is 0.309 e. The van der Waals surface area contributed by atoms with Crippen LogP contribution in [0.1, 0.15) is 19.8 Å². The fourth-order valence-electron chi connectivity index (χ4n) is 2.79. The van der Waals surface area contributed by atoms with Crippen LogP contribution in [-0.4, -0.2) is 57.7 Å². The number of sulfone groups is 1. The van der Waals surface area contributed by atoms with E-state index >= 15 is 0 Å². The highest BCUT2D eigenvalue weighted by atomic mass is 32.2. The van der Waals surface area contributed by atoms with Crippen LogP contribution in [0.3, 0.4) is 0 Å². The van der Waals surface area contributed by atoms with Crippen molar-refractivity contribution in [3.05, 3.63) is 24.3 Å². The SMILES string of the molecule is CCOC(=O)C1CCN(CC(=O)Nc2cccc(S(C)(=O)=O)c2)CC1. The maximum atomic E-state index is 12.2. The molecule has 1 aliphatic rings. The summed E-state index contributed by atoms with van der Waals surface area (Å²) in [6, 6.07) is 6.18. The van der Waals surface area contributed by atoms with Crippen molar-refractivity contribution in [1.29, 1.82) is 0 Å². The maximum absolute atomic E-state index is 12.2. The Bertz CT molecular complexity index is 724. The first-order chi connectivity index (χ1) is 11.8. The first kappa shape index (κ1) is 19.4. The molecule has 0 spiro atoms. The summed E-state index contributed by atoms with van der Waals surface area (Å²) in [5.74, 6) is -0.463. The number of anilines is 1. The van der Waals surface area contributed by atoms with Crippen LogP contribution in [0.5, 0.6) is 0 Å². The molecule has 0 aliphatic carbocycles. The van der Waals surface area contributed by atoms with Crippen LogP contribution in [0.25, 0.3) is 0 Å². The maximum Gasteiger partial charge on any atom is 0.309 e. The Kier molecular flexibility index (Phi) is 6.55. The Labute approximate surface area is 148 Å². The zero-order valence-electron chi connectivity index (χ0n) is 14.5. The Morgan fingerprint density at radius 1 is 1.28 bits per heavy atom. The van der Waals surface area contributed by atoms with Gasteiger partial charge in [0.2, 0.25) is 5.91 Å². The summed E-state index contributed by atoms with van der Waals surface area (Å²) in [7, 11) is -3.31. The summed E-state index contributed by atoms with van der Waals surface area (Å²) >= 11 is 0. The van der Waals surface area contributed by atoms with E-state index < -0.39 is 9.84 Å². The third kappa shape index (κ3) is 5.82. The molecule has 1 N–H and O–H groups in total. The zero-order chi connectivity index (χ0) is 18.4. The van der Waals surface area contributed by atoms with Crippen molar-refractivity contribution in [1.82, 2.24) is 4.90 Å². The molecule has 0 bridgehead atoms. The van der Waals surface area contributed by atoms with E-state index in [0.717, 1.165) is 6.26 Å². The Hall–Kier alpha value is -1.93. The minimum absolute atomic E-state index is 0.0919. The number of likely N-dealkylation sites (tertiary alicyclic amines) is 1. The van der Waals surface area contributed by atoms with Crippen molar-refractivity contribution >= 4 is 27.4 Å². The molecular weight excluding hydrogens is 344 g/mol. The first-order valence-electron chi connectivity index (χ1n) is 8.28. The topological polar surface area (TPSA) is 92.8 Å². The number of amides is 1. The minimum atomic E-state index is -3.31. The highest BCUT2D eigenvalue weighted by molar-refractivity contribution is 7.90. The molecule has 2 rings (SSSR count). The minimum Gasteiger partial charge on any atom is -0.466 e. The number of nitrogens with zero attached hydrogens (tertiary/aromatic N) is 1. The van der Waals surface area contributed by atoms with Crippen LogP contribution in [-0.2, 0) is 24.2 Å². The van der Waals surface area contributed by atoms with E-state index in [4.69, 9.17) is 4.74 Å². The molecular formula is C17H24N2O5S. The second-order valence-electron chi connectivity index (χ2n) is 6.15. The van der Waals surface area contributed by atoms with Gasteiger partial charge in [-0.15, -0.1) is 0 Å². The fraction of sp³-hybridized carbons (Fsp3) is 0.529. The summed E-state index contributed by atoms with van der Waals surface area (Å²) in [5, 5.41) is 2.72. The van der Waals surface area contributed by atoms with E-state index in [1.807, 2.05) is 4.90 Å². The third-order valence-corrected chi connectivity index (χ3v) is 5.23. The molecule has 1 heterocycles. The lowest BCUT2D eigenvalue weighted by Crippen LogP contribution is -2.41. The average Bonchev–Trinajstić information content (AvgIpc) is 2.55. The van der Waals surface area contributed by atoms with Gasteiger partial charge in [0.05, 0.1) is 24.0 Å². The van der Waals surface area contributed by atoms with Gasteiger partial charge in [-0.3, -0.25) is 14.5 Å². The van der Waals surface area contributed by atoms with Gasteiger partial charge in [0.25, 0.3) is 0 Å². The standard InChI is InChI=1S/C17H24N2O5S/c1-3-24-17(21)13-7-9-19(10-8-13)12-16(20)18-14-5-4-6-15(11-14)25(2,22)23/h4-6,11,13H,3,7-10,12H2,1-2H3,(H,18,20). The monoisotopic (exact) mass is 368 g/mol. The Morgan fingerprint density at radius 2 is 1.96 bits per heavy atom. The van der Waals surface area contributed by atoms with Crippen LogP contribution < -0.4 is 5.32 Å². The summed E-state index contributed by atoms with van der Waals surface area (Å²) in [6.07, 6.45) is 2.48. The van der Waals surface area contributed by atoms with E-state index in [-0.39, 0.29) is 29.2 Å². The molecule has 7 nitrogen and oxygen atoms in total. The number of esters is 1. The number of hydrogen-bond donors (Lipinski definition) is 1. The van der Waals surface area contributed by atoms with E-state index in [1.54, 1.807) is 19.1 Å². The van der Waals surface area contributed by atoms with Crippen LogP contribution in [0.2, 0.25) is 0 Å². The molecule has 1 saturated heterocycles. The van der Waals surface area contributed by atoms with Gasteiger partial charge in [-0.2, -0.15) is 0 Å². The third-order valence-electron chi connectivity index (χ3n) is 4.12. The van der Waals surface area contributed by atoms with Crippen molar-refractivity contribution in [2.24, 2.45) is 5.92 Å². The summed E-state index contributed by atoms with van der Waals surface area (Å²) < 4.78 is 28.2. The lowest BCUT2D eigenvalue weighted by molar-refractivity contribution is -0.149. The average molecular weight is 368 g/mol. The van der Waals surface area contributed by atoms with Gasteiger partial charge < -0.3 is 10.1 Å². The Balaban J connectivity index is 1.85. The molecule has 1 aromatic carbocycles. The highest BCUT2D eigenvalue weighted by Crippen LogP contribution is 2.19. The second kappa shape index (κ2) is 8.44. The van der Waals surface area contributed by atoms with Crippen molar-refractivity contribution in [2.75, 3.05) is 37.8 Å². The predicted octanol–water partition coefficient (Wildman–Crippen LogP) is 1.30. The molecule has 0 radical (unpaired) electrons. The molecule has 1 aromatic rings. The molecule has 138 valence electrons. The van der Waals surface area contributed by atoms with Gasteiger partial charge in [-0.25, -0.2) is 8.42 Å². The lowest BCUT2D eigenvalue weighted by Gasteiger charge is -2.30. The molecule has 0 atom stereocenters. The molecule has 0 aromatic heterocycles. The van der Waals surface area contributed by atoms with Gasteiger partial charge >= 0.3 is 5.97 Å². The first-order valence-corrected chi connectivity index (χ1v) is 10.2. The van der Waals surface area contributed by atoms with E-state index in [9.17, 15) is 18.0 Å². The number of carbonyl (C=O) groups is 2. The van der Waals surface area contributed by atoms with Crippen molar-refractivity contribution in [3.8, 4) is 0 Å². The number of nitrogens with one attached hydrogen (secondary N) is 1. The number of rotatable bonds is 6. The molecule has 25 heavy (non-hydrogen) atoms. The largest absolute Gasteiger partial charge is 0.466 e. The van der Waals surface area contributed by atoms with Crippen LogP contribution in [0.15, 0.2) is 29.2 Å². The fourth-order valence-corrected chi connectivity index (χ4v) is 3.46. The molecule has 0 saturated carbocycles. The van der Waals surface area contributed by atoms with Gasteiger partial charge in [-0.1, -0.05) is 6.07 Å². The summed E-state index contributed by atoms with van der Waals surface area (Å²) in [5.41, 5.74) is 0.453. The summed E-state index contributed by atoms with van der Waals surface area (Å²) in [6.45, 7) is 3.68. The number of benzene rings is 1. The lowest BCUT2D eigenvalue weighted by atomic mass is 9.97. The van der Waals surface area contributed by atoms with Crippen LogP contribution in [0.4, 0.5) is 5.69 Å². The van der Waals surface area contributed by atoms with Gasteiger partial charge in [-0.05, 0) is 51.1 Å². The number of ether oxygens (including phenoxy) is 1.